The minimum Gasteiger partial charge on any atom is -0.353 e. The van der Waals surface area contributed by atoms with Crippen LogP contribution in [0.1, 0.15) is 47.0 Å². The van der Waals surface area contributed by atoms with E-state index in [4.69, 9.17) is 0 Å². The van der Waals surface area contributed by atoms with Gasteiger partial charge in [0.2, 0.25) is 5.91 Å². The first kappa shape index (κ1) is 13.9. The standard InChI is InChI=1S/C11H22BrNO/c1-8(2)6-5-7-9(3)13-11(14)10(4)12/h8-10H,5-7H2,1-4H3,(H,13,14). The van der Waals surface area contributed by atoms with Gasteiger partial charge in [0.05, 0.1) is 4.83 Å². The van der Waals surface area contributed by atoms with Crippen LogP contribution in [-0.2, 0) is 4.79 Å². The Morgan fingerprint density at radius 2 is 1.79 bits per heavy atom. The lowest BCUT2D eigenvalue weighted by atomic mass is 10.0. The van der Waals surface area contributed by atoms with Gasteiger partial charge >= 0.3 is 0 Å². The Labute approximate surface area is 96.0 Å². The predicted molar refractivity (Wildman–Crippen MR) is 64.7 cm³/mol. The van der Waals surface area contributed by atoms with Crippen molar-refractivity contribution < 1.29 is 4.79 Å². The lowest BCUT2D eigenvalue weighted by Gasteiger charge is -2.15. The summed E-state index contributed by atoms with van der Waals surface area (Å²) in [6, 6.07) is 0.293. The highest BCUT2D eigenvalue weighted by Crippen LogP contribution is 2.08. The van der Waals surface area contributed by atoms with Crippen molar-refractivity contribution in [1.82, 2.24) is 5.32 Å². The Morgan fingerprint density at radius 3 is 2.21 bits per heavy atom. The van der Waals surface area contributed by atoms with Gasteiger partial charge in [-0.1, -0.05) is 42.6 Å². The molecule has 84 valence electrons. The van der Waals surface area contributed by atoms with Gasteiger partial charge in [-0.3, -0.25) is 4.79 Å². The number of hydrogen-bond donors (Lipinski definition) is 1. The molecule has 0 aliphatic rings. The Kier molecular flexibility index (Phi) is 7.24. The molecule has 0 aromatic carbocycles. The molecule has 2 atom stereocenters. The summed E-state index contributed by atoms with van der Waals surface area (Å²) in [7, 11) is 0. The summed E-state index contributed by atoms with van der Waals surface area (Å²) in [5.74, 6) is 0.843. The molecule has 0 saturated carbocycles. The average Bonchev–Trinajstić information content (AvgIpc) is 2.02. The molecule has 0 bridgehead atoms. The summed E-state index contributed by atoms with van der Waals surface area (Å²) in [6.45, 7) is 8.36. The molecule has 0 aromatic rings. The molecule has 0 saturated heterocycles. The zero-order chi connectivity index (χ0) is 11.1. The van der Waals surface area contributed by atoms with Crippen molar-refractivity contribution >= 4 is 21.8 Å². The molecule has 0 aliphatic heterocycles. The Morgan fingerprint density at radius 1 is 1.21 bits per heavy atom. The first-order chi connectivity index (χ1) is 6.43. The van der Waals surface area contributed by atoms with Gasteiger partial charge in [0.15, 0.2) is 0 Å². The third-order valence-electron chi connectivity index (χ3n) is 2.17. The lowest BCUT2D eigenvalue weighted by Crippen LogP contribution is -2.36. The van der Waals surface area contributed by atoms with E-state index < -0.39 is 0 Å². The van der Waals surface area contributed by atoms with Gasteiger partial charge in [0.25, 0.3) is 0 Å². The van der Waals surface area contributed by atoms with Crippen LogP contribution in [0.25, 0.3) is 0 Å². The maximum Gasteiger partial charge on any atom is 0.233 e. The summed E-state index contributed by atoms with van der Waals surface area (Å²) in [6.07, 6.45) is 3.50. The molecule has 2 unspecified atom stereocenters. The summed E-state index contributed by atoms with van der Waals surface area (Å²) in [4.78, 5) is 11.2. The van der Waals surface area contributed by atoms with Crippen LogP contribution < -0.4 is 5.32 Å². The Bertz CT molecular complexity index is 169. The minimum atomic E-state index is -0.0879. The third-order valence-corrected chi connectivity index (χ3v) is 2.58. The van der Waals surface area contributed by atoms with Crippen LogP contribution in [0.3, 0.4) is 0 Å². The maximum absolute atomic E-state index is 11.3. The fourth-order valence-electron chi connectivity index (χ4n) is 1.26. The topological polar surface area (TPSA) is 29.1 Å². The number of alkyl halides is 1. The van der Waals surface area contributed by atoms with Gasteiger partial charge in [-0.15, -0.1) is 0 Å². The molecular formula is C11H22BrNO. The van der Waals surface area contributed by atoms with E-state index in [-0.39, 0.29) is 10.7 Å². The summed E-state index contributed by atoms with van der Waals surface area (Å²) in [5, 5.41) is 2.97. The van der Waals surface area contributed by atoms with E-state index in [1.165, 1.54) is 12.8 Å². The summed E-state index contributed by atoms with van der Waals surface area (Å²) >= 11 is 3.25. The molecule has 2 nitrogen and oxygen atoms in total. The Hall–Kier alpha value is -0.0500. The van der Waals surface area contributed by atoms with Crippen LogP contribution in [0.5, 0.6) is 0 Å². The number of nitrogens with one attached hydrogen (secondary N) is 1. The Balaban J connectivity index is 3.55. The van der Waals surface area contributed by atoms with Crippen LogP contribution in [0.2, 0.25) is 0 Å². The monoisotopic (exact) mass is 263 g/mol. The highest BCUT2D eigenvalue weighted by Gasteiger charge is 2.11. The molecule has 0 spiro atoms. The number of halogens is 1. The van der Waals surface area contributed by atoms with Crippen molar-refractivity contribution in [3.63, 3.8) is 0 Å². The summed E-state index contributed by atoms with van der Waals surface area (Å²) < 4.78 is 0. The highest BCUT2D eigenvalue weighted by molar-refractivity contribution is 9.10. The van der Waals surface area contributed by atoms with E-state index in [9.17, 15) is 4.79 Å². The fourth-order valence-corrected chi connectivity index (χ4v) is 1.39. The molecule has 14 heavy (non-hydrogen) atoms. The second kappa shape index (κ2) is 7.27. The van der Waals surface area contributed by atoms with Gasteiger partial charge in [0, 0.05) is 6.04 Å². The van der Waals surface area contributed by atoms with Crippen LogP contribution in [0.15, 0.2) is 0 Å². The first-order valence-electron chi connectivity index (χ1n) is 5.38. The molecule has 0 rings (SSSR count). The van der Waals surface area contributed by atoms with Crippen molar-refractivity contribution in [2.24, 2.45) is 5.92 Å². The van der Waals surface area contributed by atoms with Gasteiger partial charge in [-0.2, -0.15) is 0 Å². The molecule has 1 N–H and O–H groups in total. The number of carbonyl (C=O) groups is 1. The lowest BCUT2D eigenvalue weighted by molar-refractivity contribution is -0.120. The fraction of sp³-hybridized carbons (Fsp3) is 0.909. The number of rotatable bonds is 6. The van der Waals surface area contributed by atoms with Crippen LogP contribution >= 0.6 is 15.9 Å². The van der Waals surface area contributed by atoms with E-state index >= 15 is 0 Å². The smallest absolute Gasteiger partial charge is 0.233 e. The molecular weight excluding hydrogens is 242 g/mol. The van der Waals surface area contributed by atoms with E-state index in [0.717, 1.165) is 12.3 Å². The molecule has 0 fully saturated rings. The minimum absolute atomic E-state index is 0.0852. The molecule has 0 radical (unpaired) electrons. The third kappa shape index (κ3) is 7.36. The maximum atomic E-state index is 11.3. The van der Waals surface area contributed by atoms with Crippen LogP contribution in [0, 0.1) is 5.92 Å². The van der Waals surface area contributed by atoms with Gasteiger partial charge in [-0.25, -0.2) is 0 Å². The number of hydrogen-bond acceptors (Lipinski definition) is 1. The van der Waals surface area contributed by atoms with E-state index in [0.29, 0.717) is 6.04 Å². The predicted octanol–water partition coefficient (Wildman–Crippen LogP) is 3.10. The van der Waals surface area contributed by atoms with Gasteiger partial charge < -0.3 is 5.32 Å². The van der Waals surface area contributed by atoms with Crippen molar-refractivity contribution in [1.29, 1.82) is 0 Å². The molecule has 0 aromatic heterocycles. The van der Waals surface area contributed by atoms with Crippen molar-refractivity contribution in [2.75, 3.05) is 0 Å². The summed E-state index contributed by atoms with van der Waals surface area (Å²) in [5.41, 5.74) is 0. The molecule has 3 heteroatoms. The van der Waals surface area contributed by atoms with E-state index in [1.807, 2.05) is 6.92 Å². The van der Waals surface area contributed by atoms with Gasteiger partial charge in [0.1, 0.15) is 0 Å². The molecule has 1 amide bonds. The van der Waals surface area contributed by atoms with Crippen LogP contribution in [0.4, 0.5) is 0 Å². The quantitative estimate of drug-likeness (QED) is 0.734. The van der Waals surface area contributed by atoms with Crippen LogP contribution in [-0.4, -0.2) is 16.8 Å². The molecule has 0 aliphatic carbocycles. The largest absolute Gasteiger partial charge is 0.353 e. The second-order valence-electron chi connectivity index (χ2n) is 4.35. The molecule has 0 heterocycles. The normalized spacial score (nSPS) is 15.3. The van der Waals surface area contributed by atoms with Crippen molar-refractivity contribution in [2.45, 2.75) is 57.8 Å². The second-order valence-corrected chi connectivity index (χ2v) is 5.72. The van der Waals surface area contributed by atoms with Crippen molar-refractivity contribution in [3.8, 4) is 0 Å². The average molecular weight is 264 g/mol. The zero-order valence-corrected chi connectivity index (χ0v) is 11.2. The number of amides is 1. The first-order valence-corrected chi connectivity index (χ1v) is 6.29. The highest BCUT2D eigenvalue weighted by atomic mass is 79.9. The van der Waals surface area contributed by atoms with E-state index in [1.54, 1.807) is 0 Å². The SMILES string of the molecule is CC(C)CCCC(C)NC(=O)C(C)Br. The van der Waals surface area contributed by atoms with E-state index in [2.05, 4.69) is 42.0 Å². The van der Waals surface area contributed by atoms with Gasteiger partial charge in [-0.05, 0) is 26.2 Å². The number of carbonyl (C=O) groups excluding carboxylic acids is 1. The zero-order valence-electron chi connectivity index (χ0n) is 9.64. The van der Waals surface area contributed by atoms with Crippen molar-refractivity contribution in [3.05, 3.63) is 0 Å².